The van der Waals surface area contributed by atoms with Gasteiger partial charge in [-0.15, -0.1) is 0 Å². The highest BCUT2D eigenvalue weighted by atomic mass is 35.5. The number of nitrogens with zero attached hydrogens (tertiary/aromatic N) is 2. The van der Waals surface area contributed by atoms with E-state index in [1.54, 1.807) is 11.8 Å². The summed E-state index contributed by atoms with van der Waals surface area (Å²) in [6, 6.07) is 15.5. The number of benzene rings is 2. The van der Waals surface area contributed by atoms with Crippen molar-refractivity contribution in [3.63, 3.8) is 0 Å². The minimum atomic E-state index is 0.503. The number of H-pyrrole nitrogens is 1. The van der Waals surface area contributed by atoms with Crippen molar-refractivity contribution in [1.29, 1.82) is 0 Å². The van der Waals surface area contributed by atoms with Gasteiger partial charge >= 0.3 is 0 Å². The molecule has 3 rings (SSSR count). The van der Waals surface area contributed by atoms with Crippen molar-refractivity contribution in [3.8, 4) is 17.1 Å². The van der Waals surface area contributed by atoms with Crippen molar-refractivity contribution in [2.75, 3.05) is 12.5 Å². The van der Waals surface area contributed by atoms with Crippen LogP contribution in [0.15, 0.2) is 48.5 Å². The normalized spacial score (nSPS) is 10.5. The van der Waals surface area contributed by atoms with Crippen molar-refractivity contribution in [2.45, 2.75) is 6.54 Å². The minimum absolute atomic E-state index is 0.503. The van der Waals surface area contributed by atoms with Gasteiger partial charge in [-0.1, -0.05) is 48.0 Å². The van der Waals surface area contributed by atoms with Gasteiger partial charge in [0.1, 0.15) is 5.75 Å². The second-order valence-corrected chi connectivity index (χ2v) is 5.65. The molecule has 0 fully saturated rings. The molecule has 0 unspecified atom stereocenters. The zero-order chi connectivity index (χ0) is 16.2. The van der Waals surface area contributed by atoms with Gasteiger partial charge in [0, 0.05) is 5.56 Å². The van der Waals surface area contributed by atoms with Crippen molar-refractivity contribution in [2.24, 2.45) is 0 Å². The molecule has 0 aliphatic rings. The quantitative estimate of drug-likeness (QED) is 0.685. The summed E-state index contributed by atoms with van der Waals surface area (Å²) in [5.41, 5.74) is 5.24. The third-order valence-corrected chi connectivity index (χ3v) is 3.93. The second-order valence-electron chi connectivity index (χ2n) is 4.86. The molecule has 0 radical (unpaired) electrons. The molecule has 1 aromatic heterocycles. The third kappa shape index (κ3) is 3.38. The highest BCUT2D eigenvalue weighted by molar-refractivity contribution is 7.71. The smallest absolute Gasteiger partial charge is 0.214 e. The maximum absolute atomic E-state index is 6.15. The van der Waals surface area contributed by atoms with Crippen molar-refractivity contribution in [1.82, 2.24) is 14.9 Å². The van der Waals surface area contributed by atoms with Crippen molar-refractivity contribution in [3.05, 3.63) is 63.9 Å². The van der Waals surface area contributed by atoms with Gasteiger partial charge in [0.2, 0.25) is 4.77 Å². The topological polar surface area (TPSA) is 54.9 Å². The van der Waals surface area contributed by atoms with Gasteiger partial charge in [0.05, 0.1) is 18.7 Å². The molecular formula is C16H15ClN4OS. The average molecular weight is 347 g/mol. The number of nitrogens with one attached hydrogen (secondary N) is 2. The second kappa shape index (κ2) is 6.85. The summed E-state index contributed by atoms with van der Waals surface area (Å²) in [4.78, 5) is 0. The molecule has 0 amide bonds. The molecular weight excluding hydrogens is 332 g/mol. The average Bonchev–Trinajstić information content (AvgIpc) is 2.94. The first kappa shape index (κ1) is 15.6. The lowest BCUT2D eigenvalue weighted by Gasteiger charge is -2.11. The van der Waals surface area contributed by atoms with E-state index < -0.39 is 0 Å². The fourth-order valence-electron chi connectivity index (χ4n) is 2.21. The fourth-order valence-corrected chi connectivity index (χ4v) is 2.69. The molecule has 0 aliphatic carbocycles. The number of halogens is 1. The Morgan fingerprint density at radius 2 is 2.04 bits per heavy atom. The van der Waals surface area contributed by atoms with Crippen LogP contribution in [0.25, 0.3) is 11.4 Å². The molecule has 0 aliphatic heterocycles. The van der Waals surface area contributed by atoms with Gasteiger partial charge in [0.15, 0.2) is 5.82 Å². The van der Waals surface area contributed by atoms with Crippen LogP contribution in [0.3, 0.4) is 0 Å². The van der Waals surface area contributed by atoms with Crippen LogP contribution < -0.4 is 10.2 Å². The molecule has 0 saturated heterocycles. The molecule has 0 atom stereocenters. The molecule has 5 nitrogen and oxygen atoms in total. The molecule has 0 saturated carbocycles. The van der Waals surface area contributed by atoms with E-state index in [1.807, 2.05) is 48.5 Å². The van der Waals surface area contributed by atoms with E-state index in [4.69, 9.17) is 28.6 Å². The lowest BCUT2D eigenvalue weighted by atomic mass is 10.2. The third-order valence-electron chi connectivity index (χ3n) is 3.36. The predicted molar refractivity (Wildman–Crippen MR) is 93.9 cm³/mol. The molecule has 7 heteroatoms. The number of aromatic amines is 1. The molecule has 2 aromatic carbocycles. The summed E-state index contributed by atoms with van der Waals surface area (Å²) >= 11 is 11.4. The zero-order valence-corrected chi connectivity index (χ0v) is 14.0. The van der Waals surface area contributed by atoms with Crippen molar-refractivity contribution >= 4 is 23.8 Å². The van der Waals surface area contributed by atoms with E-state index in [0.717, 1.165) is 17.0 Å². The van der Waals surface area contributed by atoms with E-state index in [0.29, 0.717) is 22.1 Å². The molecule has 0 bridgehead atoms. The summed E-state index contributed by atoms with van der Waals surface area (Å²) in [7, 11) is 1.59. The number of ether oxygens (including phenoxy) is 1. The molecule has 0 spiro atoms. The largest absolute Gasteiger partial charge is 0.495 e. The molecule has 118 valence electrons. The van der Waals surface area contributed by atoms with E-state index in [1.165, 1.54) is 0 Å². The first-order chi connectivity index (χ1) is 11.2. The van der Waals surface area contributed by atoms with Crippen LogP contribution in [-0.2, 0) is 6.54 Å². The van der Waals surface area contributed by atoms with Crippen LogP contribution in [0.2, 0.25) is 5.02 Å². The maximum Gasteiger partial charge on any atom is 0.214 e. The lowest BCUT2D eigenvalue weighted by Crippen LogP contribution is -2.15. The van der Waals surface area contributed by atoms with Crippen LogP contribution in [0.5, 0.6) is 5.75 Å². The van der Waals surface area contributed by atoms with E-state index >= 15 is 0 Å². The van der Waals surface area contributed by atoms with Gasteiger partial charge in [-0.25, -0.2) is 9.77 Å². The van der Waals surface area contributed by atoms with Crippen LogP contribution in [0.1, 0.15) is 5.56 Å². The van der Waals surface area contributed by atoms with Gasteiger partial charge in [0.25, 0.3) is 0 Å². The van der Waals surface area contributed by atoms with Crippen LogP contribution in [0, 0.1) is 4.77 Å². The number of hydrogen-bond donors (Lipinski definition) is 2. The molecule has 23 heavy (non-hydrogen) atoms. The fraction of sp³-hybridized carbons (Fsp3) is 0.125. The maximum atomic E-state index is 6.15. The number of rotatable bonds is 5. The van der Waals surface area contributed by atoms with Crippen LogP contribution >= 0.6 is 23.8 Å². The summed E-state index contributed by atoms with van der Waals surface area (Å²) in [6.07, 6.45) is 0. The van der Waals surface area contributed by atoms with Gasteiger partial charge in [-0.2, -0.15) is 5.10 Å². The van der Waals surface area contributed by atoms with E-state index in [-0.39, 0.29) is 0 Å². The lowest BCUT2D eigenvalue weighted by molar-refractivity contribution is 0.415. The summed E-state index contributed by atoms with van der Waals surface area (Å²) in [5, 5.41) is 7.66. The Morgan fingerprint density at radius 3 is 2.74 bits per heavy atom. The van der Waals surface area contributed by atoms with E-state index in [9.17, 15) is 0 Å². The highest BCUT2D eigenvalue weighted by Crippen LogP contribution is 2.25. The van der Waals surface area contributed by atoms with E-state index in [2.05, 4.69) is 15.6 Å². The molecule has 2 N–H and O–H groups in total. The zero-order valence-electron chi connectivity index (χ0n) is 12.4. The standard InChI is InChI=1S/C16H15ClN4OS/c1-22-14-8-7-11(9-13(14)17)10-18-21-15(19-20-16(21)23)12-5-3-2-4-6-12/h2-9,18H,10H2,1H3,(H,20,23). The van der Waals surface area contributed by atoms with Gasteiger partial charge in [-0.05, 0) is 29.9 Å². The predicted octanol–water partition coefficient (Wildman–Crippen LogP) is 4.01. The first-order valence-corrected chi connectivity index (χ1v) is 7.77. The Hall–Kier alpha value is -2.31. The Balaban J connectivity index is 1.83. The monoisotopic (exact) mass is 346 g/mol. The Morgan fingerprint density at radius 1 is 1.26 bits per heavy atom. The summed E-state index contributed by atoms with van der Waals surface area (Å²) < 4.78 is 7.41. The summed E-state index contributed by atoms with van der Waals surface area (Å²) in [5.74, 6) is 1.38. The minimum Gasteiger partial charge on any atom is -0.495 e. The summed E-state index contributed by atoms with van der Waals surface area (Å²) in [6.45, 7) is 0.553. The first-order valence-electron chi connectivity index (χ1n) is 6.98. The Kier molecular flexibility index (Phi) is 4.64. The van der Waals surface area contributed by atoms with Crippen molar-refractivity contribution < 1.29 is 4.74 Å². The number of aromatic nitrogens is 3. The molecule has 3 aromatic rings. The van der Waals surface area contributed by atoms with Crippen LogP contribution in [-0.4, -0.2) is 22.0 Å². The SMILES string of the molecule is COc1ccc(CNn2c(-c3ccccc3)n[nH]c2=S)cc1Cl. The Bertz CT molecular complexity index is 860. The number of hydrogen-bond acceptors (Lipinski definition) is 4. The Labute approximate surface area is 143 Å². The number of methoxy groups -OCH3 is 1. The highest BCUT2D eigenvalue weighted by Gasteiger charge is 2.08. The van der Waals surface area contributed by atoms with Gasteiger partial charge < -0.3 is 10.2 Å². The van der Waals surface area contributed by atoms with Gasteiger partial charge in [-0.3, -0.25) is 0 Å². The van der Waals surface area contributed by atoms with Crippen LogP contribution in [0.4, 0.5) is 0 Å². The molecule has 1 heterocycles.